The Labute approximate surface area is 119 Å². The van der Waals surface area contributed by atoms with Gasteiger partial charge in [-0.3, -0.25) is 0 Å². The van der Waals surface area contributed by atoms with E-state index in [4.69, 9.17) is 13.6 Å². The zero-order chi connectivity index (χ0) is 14.4. The van der Waals surface area contributed by atoms with E-state index in [1.807, 2.05) is 7.11 Å². The number of nitrogens with one attached hydrogen (secondary N) is 1. The molecule has 19 heavy (non-hydrogen) atoms. The van der Waals surface area contributed by atoms with Crippen molar-refractivity contribution in [2.24, 2.45) is 0 Å². The van der Waals surface area contributed by atoms with Crippen molar-refractivity contribution in [2.75, 3.05) is 27.9 Å². The number of hydrogen-bond acceptors (Lipinski definition) is 4. The third-order valence-corrected chi connectivity index (χ3v) is 8.92. The molecule has 0 aromatic heterocycles. The first-order valence-corrected chi connectivity index (χ1v) is 9.57. The van der Waals surface area contributed by atoms with E-state index in [1.54, 1.807) is 14.2 Å². The van der Waals surface area contributed by atoms with Crippen molar-refractivity contribution >= 4 is 8.56 Å². The Bertz CT molecular complexity index is 261. The Balaban J connectivity index is 3.08. The van der Waals surface area contributed by atoms with Gasteiger partial charge in [0.25, 0.3) is 0 Å². The molecule has 0 aliphatic carbocycles. The zero-order valence-corrected chi connectivity index (χ0v) is 14.3. The molecule has 0 saturated carbocycles. The quantitative estimate of drug-likeness (QED) is 0.697. The standard InChI is InChI=1S/C14H31NO3Si/c1-6-10-14(16-3)13(15-11-7-2)9-8-12-19(14,17-4)18-5/h13,15H,6-12H2,1-5H3. The Morgan fingerprint density at radius 1 is 1.16 bits per heavy atom. The third-order valence-electron chi connectivity index (χ3n) is 4.49. The molecule has 1 saturated heterocycles. The van der Waals surface area contributed by atoms with Gasteiger partial charge in [0.15, 0.2) is 0 Å². The summed E-state index contributed by atoms with van der Waals surface area (Å²) >= 11 is 0. The number of rotatable bonds is 8. The first-order chi connectivity index (χ1) is 9.16. The van der Waals surface area contributed by atoms with Crippen LogP contribution in [0, 0.1) is 0 Å². The summed E-state index contributed by atoms with van der Waals surface area (Å²) in [7, 11) is 3.08. The monoisotopic (exact) mass is 289 g/mol. The minimum Gasteiger partial charge on any atom is -0.396 e. The van der Waals surface area contributed by atoms with Crippen molar-refractivity contribution in [3.05, 3.63) is 0 Å². The fourth-order valence-corrected chi connectivity index (χ4v) is 7.68. The van der Waals surface area contributed by atoms with Gasteiger partial charge in [-0.1, -0.05) is 20.3 Å². The smallest absolute Gasteiger partial charge is 0.372 e. The minimum atomic E-state index is -2.33. The molecule has 1 N–H and O–H groups in total. The maximum Gasteiger partial charge on any atom is 0.372 e. The molecule has 1 aliphatic rings. The summed E-state index contributed by atoms with van der Waals surface area (Å²) in [4.78, 5) is 0. The molecule has 2 unspecified atom stereocenters. The van der Waals surface area contributed by atoms with Crippen LogP contribution in [0.25, 0.3) is 0 Å². The topological polar surface area (TPSA) is 39.7 Å². The second-order valence-corrected chi connectivity index (χ2v) is 9.07. The van der Waals surface area contributed by atoms with Gasteiger partial charge in [0.05, 0.1) is 0 Å². The van der Waals surface area contributed by atoms with Crippen LogP contribution in [0.1, 0.15) is 46.0 Å². The largest absolute Gasteiger partial charge is 0.396 e. The average Bonchev–Trinajstić information content (AvgIpc) is 2.46. The maximum atomic E-state index is 6.08. The van der Waals surface area contributed by atoms with Gasteiger partial charge in [0.2, 0.25) is 0 Å². The summed E-state index contributed by atoms with van der Waals surface area (Å²) in [6.45, 7) is 5.43. The van der Waals surface area contributed by atoms with Crippen molar-refractivity contribution in [2.45, 2.75) is 63.3 Å². The summed E-state index contributed by atoms with van der Waals surface area (Å²) in [6.07, 6.45) is 5.52. The summed E-state index contributed by atoms with van der Waals surface area (Å²) in [5, 5.41) is 3.41. The molecule has 1 fully saturated rings. The second kappa shape index (κ2) is 7.74. The van der Waals surface area contributed by atoms with Gasteiger partial charge in [-0.15, -0.1) is 0 Å². The molecule has 1 aliphatic heterocycles. The van der Waals surface area contributed by atoms with E-state index in [9.17, 15) is 0 Å². The van der Waals surface area contributed by atoms with Crippen LogP contribution in [0.15, 0.2) is 0 Å². The van der Waals surface area contributed by atoms with Gasteiger partial charge in [0.1, 0.15) is 5.22 Å². The molecule has 1 rings (SSSR count). The molecule has 0 aromatic carbocycles. The molecule has 1 heterocycles. The van der Waals surface area contributed by atoms with Crippen molar-refractivity contribution in [1.29, 1.82) is 0 Å². The van der Waals surface area contributed by atoms with E-state index in [0.717, 1.165) is 44.7 Å². The molecule has 5 heteroatoms. The van der Waals surface area contributed by atoms with E-state index < -0.39 is 8.56 Å². The highest BCUT2D eigenvalue weighted by molar-refractivity contribution is 6.71. The van der Waals surface area contributed by atoms with E-state index in [-0.39, 0.29) is 5.22 Å². The highest BCUT2D eigenvalue weighted by Gasteiger charge is 2.62. The summed E-state index contributed by atoms with van der Waals surface area (Å²) in [5.41, 5.74) is 0. The fourth-order valence-electron chi connectivity index (χ4n) is 3.60. The Kier molecular flexibility index (Phi) is 6.97. The first-order valence-electron chi connectivity index (χ1n) is 7.55. The van der Waals surface area contributed by atoms with Gasteiger partial charge >= 0.3 is 8.56 Å². The Morgan fingerprint density at radius 2 is 1.84 bits per heavy atom. The lowest BCUT2D eigenvalue weighted by molar-refractivity contribution is -0.0371. The van der Waals surface area contributed by atoms with Gasteiger partial charge in [-0.05, 0) is 38.3 Å². The Morgan fingerprint density at radius 3 is 2.32 bits per heavy atom. The third kappa shape index (κ3) is 3.05. The van der Waals surface area contributed by atoms with Crippen molar-refractivity contribution in [1.82, 2.24) is 5.32 Å². The van der Waals surface area contributed by atoms with E-state index >= 15 is 0 Å². The second-order valence-electron chi connectivity index (χ2n) is 5.40. The lowest BCUT2D eigenvalue weighted by atomic mass is 9.99. The van der Waals surface area contributed by atoms with Crippen LogP contribution in [0.4, 0.5) is 0 Å². The molecule has 114 valence electrons. The Hall–Kier alpha value is 0.0569. The number of hydrogen-bond donors (Lipinski definition) is 1. The van der Waals surface area contributed by atoms with Gasteiger partial charge in [-0.25, -0.2) is 0 Å². The zero-order valence-electron chi connectivity index (χ0n) is 13.3. The highest BCUT2D eigenvalue weighted by atomic mass is 28.4. The minimum absolute atomic E-state index is 0.265. The SMILES string of the molecule is CCCNC1CCC[Si](OC)(OC)C1(CCC)OC. The van der Waals surface area contributed by atoms with Crippen molar-refractivity contribution in [3.8, 4) is 0 Å². The van der Waals surface area contributed by atoms with Gasteiger partial charge in [0, 0.05) is 27.4 Å². The summed E-state index contributed by atoms with van der Waals surface area (Å²) in [5.74, 6) is 0. The molecule has 0 bridgehead atoms. The van der Waals surface area contributed by atoms with Crippen LogP contribution >= 0.6 is 0 Å². The van der Waals surface area contributed by atoms with E-state index in [2.05, 4.69) is 19.2 Å². The molecule has 2 atom stereocenters. The highest BCUT2D eigenvalue weighted by Crippen LogP contribution is 2.43. The van der Waals surface area contributed by atoms with E-state index in [1.165, 1.54) is 0 Å². The van der Waals surface area contributed by atoms with Crippen molar-refractivity contribution < 1.29 is 13.6 Å². The molecule has 0 aromatic rings. The van der Waals surface area contributed by atoms with Crippen molar-refractivity contribution in [3.63, 3.8) is 0 Å². The molecule has 0 amide bonds. The molecular weight excluding hydrogens is 258 g/mol. The van der Waals surface area contributed by atoms with Crippen LogP contribution in [0.3, 0.4) is 0 Å². The molecule has 0 spiro atoms. The molecule has 0 radical (unpaired) electrons. The lowest BCUT2D eigenvalue weighted by Crippen LogP contribution is -2.73. The fraction of sp³-hybridized carbons (Fsp3) is 1.00. The average molecular weight is 289 g/mol. The predicted octanol–water partition coefficient (Wildman–Crippen LogP) is 2.61. The van der Waals surface area contributed by atoms with Gasteiger partial charge < -0.3 is 18.9 Å². The lowest BCUT2D eigenvalue weighted by Gasteiger charge is -2.52. The van der Waals surface area contributed by atoms with Crippen LogP contribution < -0.4 is 5.32 Å². The number of methoxy groups -OCH3 is 1. The molecular formula is C14H31NO3Si. The van der Waals surface area contributed by atoms with Crippen LogP contribution in [0.2, 0.25) is 6.04 Å². The first kappa shape index (κ1) is 17.1. The van der Waals surface area contributed by atoms with E-state index in [0.29, 0.717) is 6.04 Å². The van der Waals surface area contributed by atoms with Gasteiger partial charge in [-0.2, -0.15) is 0 Å². The maximum absolute atomic E-state index is 6.08. The summed E-state index contributed by atoms with van der Waals surface area (Å²) in [6, 6.07) is 1.37. The summed E-state index contributed by atoms with van der Waals surface area (Å²) < 4.78 is 18.0. The van der Waals surface area contributed by atoms with Crippen LogP contribution in [-0.4, -0.2) is 47.7 Å². The predicted molar refractivity (Wildman–Crippen MR) is 80.5 cm³/mol. The van der Waals surface area contributed by atoms with Crippen LogP contribution in [0.5, 0.6) is 0 Å². The van der Waals surface area contributed by atoms with Crippen LogP contribution in [-0.2, 0) is 13.6 Å². The molecule has 4 nitrogen and oxygen atoms in total. The number of ether oxygens (including phenoxy) is 1. The normalized spacial score (nSPS) is 30.5.